The summed E-state index contributed by atoms with van der Waals surface area (Å²) in [5.74, 6) is 0.825. The number of hydrogen-bond acceptors (Lipinski definition) is 3. The van der Waals surface area contributed by atoms with Crippen LogP contribution in [0.2, 0.25) is 10.0 Å². The van der Waals surface area contributed by atoms with Gasteiger partial charge in [-0.05, 0) is 42.3 Å². The average molecular weight is 390 g/mol. The Labute approximate surface area is 163 Å². The van der Waals surface area contributed by atoms with Gasteiger partial charge >= 0.3 is 0 Å². The summed E-state index contributed by atoms with van der Waals surface area (Å²) in [5.41, 5.74) is 2.20. The van der Waals surface area contributed by atoms with Crippen LogP contribution in [0.5, 0.6) is 5.75 Å². The van der Waals surface area contributed by atoms with Gasteiger partial charge in [0.25, 0.3) is 0 Å². The minimum absolute atomic E-state index is 0.356. The molecule has 0 aliphatic rings. The topological polar surface area (TPSA) is 39.1 Å². The summed E-state index contributed by atoms with van der Waals surface area (Å²) < 4.78 is 7.87. The fraction of sp³-hybridized carbons (Fsp3) is 0.250. The Balaban J connectivity index is 1.46. The summed E-state index contributed by atoms with van der Waals surface area (Å²) in [5, 5.41) is 4.60. The van der Waals surface area contributed by atoms with E-state index in [2.05, 4.69) is 33.9 Å². The lowest BCUT2D eigenvalue weighted by molar-refractivity contribution is 0.306. The van der Waals surface area contributed by atoms with Gasteiger partial charge in [0.15, 0.2) is 0 Å². The molecule has 0 amide bonds. The van der Waals surface area contributed by atoms with Crippen molar-refractivity contribution in [2.24, 2.45) is 0 Å². The molecule has 0 radical (unpaired) electrons. The van der Waals surface area contributed by atoms with Crippen LogP contribution in [0.25, 0.3) is 0 Å². The van der Waals surface area contributed by atoms with Crippen molar-refractivity contribution in [1.29, 1.82) is 0 Å². The minimum Gasteiger partial charge on any atom is -0.489 e. The second-order valence-electron chi connectivity index (χ2n) is 6.22. The summed E-state index contributed by atoms with van der Waals surface area (Å²) in [7, 11) is 0. The van der Waals surface area contributed by atoms with Crippen LogP contribution in [0.4, 0.5) is 0 Å². The molecule has 6 heteroatoms. The molecule has 3 rings (SSSR count). The van der Waals surface area contributed by atoms with Crippen molar-refractivity contribution < 1.29 is 4.74 Å². The van der Waals surface area contributed by atoms with E-state index in [9.17, 15) is 0 Å². The lowest BCUT2D eigenvalue weighted by Gasteiger charge is -2.14. The van der Waals surface area contributed by atoms with E-state index in [1.165, 1.54) is 5.56 Å². The fourth-order valence-electron chi connectivity index (χ4n) is 2.57. The molecular formula is C20H21Cl2N3O. The van der Waals surface area contributed by atoms with E-state index < -0.39 is 0 Å². The molecule has 0 bridgehead atoms. The van der Waals surface area contributed by atoms with E-state index in [4.69, 9.17) is 27.9 Å². The molecular weight excluding hydrogens is 369 g/mol. The van der Waals surface area contributed by atoms with E-state index in [0.717, 1.165) is 24.4 Å². The van der Waals surface area contributed by atoms with Gasteiger partial charge in [-0.15, -0.1) is 0 Å². The first kappa shape index (κ1) is 18.8. The van der Waals surface area contributed by atoms with Crippen molar-refractivity contribution in [3.05, 3.63) is 82.4 Å². The van der Waals surface area contributed by atoms with Gasteiger partial charge in [-0.3, -0.25) is 0 Å². The molecule has 1 aromatic heterocycles. The van der Waals surface area contributed by atoms with Crippen LogP contribution in [0.15, 0.2) is 61.2 Å². The minimum atomic E-state index is 0.356. The van der Waals surface area contributed by atoms with Crippen LogP contribution >= 0.6 is 23.2 Å². The van der Waals surface area contributed by atoms with Crippen LogP contribution < -0.4 is 10.1 Å². The summed E-state index contributed by atoms with van der Waals surface area (Å²) >= 11 is 11.9. The van der Waals surface area contributed by atoms with Crippen LogP contribution in [0.1, 0.15) is 18.1 Å². The van der Waals surface area contributed by atoms with Crippen LogP contribution in [0, 0.1) is 0 Å². The lowest BCUT2D eigenvalue weighted by Crippen LogP contribution is -2.29. The Bertz CT molecular complexity index is 820. The molecule has 1 heterocycles. The van der Waals surface area contributed by atoms with Crippen LogP contribution in [-0.4, -0.2) is 15.6 Å². The number of halogens is 2. The standard InChI is InChI=1S/C20H21Cl2N3O/c1-15(12-25-9-8-23-14-25)24-11-16-2-5-18(6-3-16)26-13-17-4-7-19(21)20(22)10-17/h2-10,14-15,24H,11-13H2,1H3. The fourth-order valence-corrected chi connectivity index (χ4v) is 2.89. The maximum absolute atomic E-state index is 6.02. The molecule has 0 spiro atoms. The van der Waals surface area contributed by atoms with E-state index >= 15 is 0 Å². The zero-order valence-electron chi connectivity index (χ0n) is 14.5. The largest absolute Gasteiger partial charge is 0.489 e. The molecule has 0 saturated carbocycles. The predicted octanol–water partition coefficient (Wildman–Crippen LogP) is 4.95. The van der Waals surface area contributed by atoms with Gasteiger partial charge in [0, 0.05) is 31.5 Å². The zero-order chi connectivity index (χ0) is 18.4. The molecule has 2 aromatic carbocycles. The van der Waals surface area contributed by atoms with Gasteiger partial charge in [-0.2, -0.15) is 0 Å². The van der Waals surface area contributed by atoms with Gasteiger partial charge in [0.05, 0.1) is 16.4 Å². The Morgan fingerprint density at radius 1 is 1.08 bits per heavy atom. The normalized spacial score (nSPS) is 12.1. The molecule has 1 atom stereocenters. The van der Waals surface area contributed by atoms with Crippen molar-refractivity contribution in [3.63, 3.8) is 0 Å². The quantitative estimate of drug-likeness (QED) is 0.592. The first-order valence-electron chi connectivity index (χ1n) is 8.45. The molecule has 0 aliphatic carbocycles. The predicted molar refractivity (Wildman–Crippen MR) is 106 cm³/mol. The number of rotatable bonds is 8. The zero-order valence-corrected chi connectivity index (χ0v) is 16.0. The molecule has 1 N–H and O–H groups in total. The Hall–Kier alpha value is -2.01. The third-order valence-corrected chi connectivity index (χ3v) is 4.75. The number of nitrogens with one attached hydrogen (secondary N) is 1. The summed E-state index contributed by atoms with van der Waals surface area (Å²) in [4.78, 5) is 4.06. The Morgan fingerprint density at radius 3 is 2.54 bits per heavy atom. The van der Waals surface area contributed by atoms with E-state index in [1.54, 1.807) is 12.3 Å². The number of hydrogen-bond donors (Lipinski definition) is 1. The van der Waals surface area contributed by atoms with Crippen molar-refractivity contribution in [2.45, 2.75) is 32.7 Å². The van der Waals surface area contributed by atoms with Crippen molar-refractivity contribution in [2.75, 3.05) is 0 Å². The van der Waals surface area contributed by atoms with E-state index in [-0.39, 0.29) is 0 Å². The molecule has 0 fully saturated rings. The summed E-state index contributed by atoms with van der Waals surface area (Å²) in [6.07, 6.45) is 5.60. The lowest BCUT2D eigenvalue weighted by atomic mass is 10.2. The number of benzene rings is 2. The van der Waals surface area contributed by atoms with Crippen LogP contribution in [0.3, 0.4) is 0 Å². The Kier molecular flexibility index (Phi) is 6.56. The maximum Gasteiger partial charge on any atom is 0.119 e. The highest BCUT2D eigenvalue weighted by Crippen LogP contribution is 2.23. The maximum atomic E-state index is 6.02. The van der Waals surface area contributed by atoms with E-state index in [0.29, 0.717) is 22.7 Å². The second kappa shape index (κ2) is 9.08. The molecule has 4 nitrogen and oxygen atoms in total. The number of aromatic nitrogens is 2. The van der Waals surface area contributed by atoms with Gasteiger partial charge in [0.1, 0.15) is 12.4 Å². The highest BCUT2D eigenvalue weighted by molar-refractivity contribution is 6.42. The van der Waals surface area contributed by atoms with E-state index in [1.807, 2.05) is 36.8 Å². The number of ether oxygens (including phenoxy) is 1. The SMILES string of the molecule is CC(Cn1ccnc1)NCc1ccc(OCc2ccc(Cl)c(Cl)c2)cc1. The second-order valence-corrected chi connectivity index (χ2v) is 7.04. The van der Waals surface area contributed by atoms with Gasteiger partial charge in [-0.25, -0.2) is 4.98 Å². The Morgan fingerprint density at radius 2 is 1.85 bits per heavy atom. The average Bonchev–Trinajstić information content (AvgIpc) is 3.15. The van der Waals surface area contributed by atoms with Gasteiger partial charge in [0.2, 0.25) is 0 Å². The number of nitrogens with zero attached hydrogens (tertiary/aromatic N) is 2. The molecule has 1 unspecified atom stereocenters. The molecule has 0 saturated heterocycles. The monoisotopic (exact) mass is 389 g/mol. The molecule has 26 heavy (non-hydrogen) atoms. The smallest absolute Gasteiger partial charge is 0.119 e. The third-order valence-electron chi connectivity index (χ3n) is 4.01. The van der Waals surface area contributed by atoms with Crippen molar-refractivity contribution >= 4 is 23.2 Å². The first-order valence-corrected chi connectivity index (χ1v) is 9.20. The van der Waals surface area contributed by atoms with Crippen molar-refractivity contribution in [3.8, 4) is 5.75 Å². The highest BCUT2D eigenvalue weighted by Gasteiger charge is 2.04. The highest BCUT2D eigenvalue weighted by atomic mass is 35.5. The summed E-state index contributed by atoms with van der Waals surface area (Å²) in [6.45, 7) is 4.32. The first-order chi connectivity index (χ1) is 12.6. The molecule has 136 valence electrons. The molecule has 0 aliphatic heterocycles. The van der Waals surface area contributed by atoms with Crippen molar-refractivity contribution in [1.82, 2.24) is 14.9 Å². The summed E-state index contributed by atoms with van der Waals surface area (Å²) in [6, 6.07) is 14.0. The van der Waals surface area contributed by atoms with Gasteiger partial charge in [-0.1, -0.05) is 41.4 Å². The molecule has 3 aromatic rings. The van der Waals surface area contributed by atoms with Gasteiger partial charge < -0.3 is 14.6 Å². The third kappa shape index (κ3) is 5.49. The number of imidazole rings is 1. The van der Waals surface area contributed by atoms with Crippen LogP contribution in [-0.2, 0) is 19.7 Å².